The van der Waals surface area contributed by atoms with Crippen LogP contribution in [0.15, 0.2) is 85.3 Å². The number of aromatic amines is 1. The summed E-state index contributed by atoms with van der Waals surface area (Å²) in [6.45, 7) is 0.453. The van der Waals surface area contributed by atoms with E-state index in [1.165, 1.54) is 0 Å². The van der Waals surface area contributed by atoms with Crippen molar-refractivity contribution in [1.29, 1.82) is 0 Å². The Morgan fingerprint density at radius 2 is 1.81 bits per heavy atom. The summed E-state index contributed by atoms with van der Waals surface area (Å²) in [5.41, 5.74) is 6.82. The van der Waals surface area contributed by atoms with Gasteiger partial charge in [-0.15, -0.1) is 0 Å². The first kappa shape index (κ1) is 19.8. The molecule has 5 rings (SSSR count). The molecule has 0 bridgehead atoms. The molecule has 2 aromatic carbocycles. The summed E-state index contributed by atoms with van der Waals surface area (Å²) in [4.78, 5) is 20.4. The Labute approximate surface area is 185 Å². The highest BCUT2D eigenvalue weighted by molar-refractivity contribution is 5.95. The van der Waals surface area contributed by atoms with Crippen LogP contribution in [-0.2, 0) is 20.0 Å². The highest BCUT2D eigenvalue weighted by Crippen LogP contribution is 2.27. The number of nitrogens with one attached hydrogen (secondary N) is 2. The first-order valence-electron chi connectivity index (χ1n) is 10.5. The van der Waals surface area contributed by atoms with Crippen molar-refractivity contribution in [2.75, 3.05) is 0 Å². The Balaban J connectivity index is 1.28. The molecule has 2 N–H and O–H groups in total. The first-order chi connectivity index (χ1) is 15.7. The van der Waals surface area contributed by atoms with Gasteiger partial charge in [-0.25, -0.2) is 4.98 Å². The van der Waals surface area contributed by atoms with Gasteiger partial charge in [0, 0.05) is 37.8 Å². The van der Waals surface area contributed by atoms with E-state index in [0.717, 1.165) is 39.0 Å². The Kier molecular flexibility index (Phi) is 5.25. The van der Waals surface area contributed by atoms with Crippen LogP contribution in [0.25, 0.3) is 22.2 Å². The minimum atomic E-state index is -0.115. The van der Waals surface area contributed by atoms with E-state index >= 15 is 0 Å². The highest BCUT2D eigenvalue weighted by Gasteiger charge is 2.16. The lowest BCUT2D eigenvalue weighted by atomic mass is 10.0. The van der Waals surface area contributed by atoms with Crippen molar-refractivity contribution < 1.29 is 4.79 Å². The van der Waals surface area contributed by atoms with Gasteiger partial charge in [0.2, 0.25) is 0 Å². The molecule has 5 aromatic rings. The lowest BCUT2D eigenvalue weighted by molar-refractivity contribution is 0.0950. The van der Waals surface area contributed by atoms with Crippen LogP contribution < -0.4 is 5.32 Å². The zero-order valence-corrected chi connectivity index (χ0v) is 17.7. The normalized spacial score (nSPS) is 11.0. The minimum Gasteiger partial charge on any atom is -0.348 e. The monoisotopic (exact) mass is 421 g/mol. The van der Waals surface area contributed by atoms with Crippen LogP contribution in [-0.4, -0.2) is 25.7 Å². The van der Waals surface area contributed by atoms with E-state index in [0.29, 0.717) is 18.5 Å². The fraction of sp³-hybridized carbons (Fsp3) is 0.115. The number of aromatic nitrogens is 4. The largest absolute Gasteiger partial charge is 0.348 e. The van der Waals surface area contributed by atoms with Gasteiger partial charge in [0.1, 0.15) is 5.65 Å². The molecule has 0 aliphatic rings. The molecule has 3 aromatic heterocycles. The van der Waals surface area contributed by atoms with Crippen LogP contribution in [0.5, 0.6) is 0 Å². The lowest BCUT2D eigenvalue weighted by Crippen LogP contribution is -2.24. The summed E-state index contributed by atoms with van der Waals surface area (Å²) in [6.07, 6.45) is 6.01. The quantitative estimate of drug-likeness (QED) is 0.424. The van der Waals surface area contributed by atoms with E-state index in [1.807, 2.05) is 61.9 Å². The number of carbonyl (C=O) groups is 1. The summed E-state index contributed by atoms with van der Waals surface area (Å²) in [7, 11) is 1.87. The molecule has 0 saturated heterocycles. The standard InChI is InChI=1S/C26H23N5O/c1-31-24(15-18-5-3-2-4-6-18)23(17-30-31)26(32)29-16-19-7-9-20(10-8-19)21-11-13-27-25-22(21)12-14-28-25/h2-14,17H,15-16H2,1H3,(H,27,28)(H,29,32). The summed E-state index contributed by atoms with van der Waals surface area (Å²) in [5.74, 6) is -0.115. The second kappa shape index (κ2) is 8.51. The van der Waals surface area contributed by atoms with Gasteiger partial charge in [-0.1, -0.05) is 54.6 Å². The van der Waals surface area contributed by atoms with Crippen molar-refractivity contribution in [3.8, 4) is 11.1 Å². The van der Waals surface area contributed by atoms with Gasteiger partial charge in [-0.05, 0) is 34.4 Å². The van der Waals surface area contributed by atoms with Crippen molar-refractivity contribution in [1.82, 2.24) is 25.1 Å². The van der Waals surface area contributed by atoms with Crippen molar-refractivity contribution in [2.24, 2.45) is 7.05 Å². The number of H-pyrrole nitrogens is 1. The number of rotatable bonds is 6. The number of hydrogen-bond donors (Lipinski definition) is 2. The van der Waals surface area contributed by atoms with Crippen molar-refractivity contribution in [2.45, 2.75) is 13.0 Å². The molecule has 0 spiro atoms. The molecule has 0 aliphatic heterocycles. The number of carbonyl (C=O) groups excluding carboxylic acids is 1. The lowest BCUT2D eigenvalue weighted by Gasteiger charge is -2.09. The predicted molar refractivity (Wildman–Crippen MR) is 125 cm³/mol. The minimum absolute atomic E-state index is 0.115. The third kappa shape index (κ3) is 3.90. The van der Waals surface area contributed by atoms with Crippen LogP contribution in [0.4, 0.5) is 0 Å². The van der Waals surface area contributed by atoms with Gasteiger partial charge in [0.05, 0.1) is 17.5 Å². The van der Waals surface area contributed by atoms with E-state index in [4.69, 9.17) is 0 Å². The maximum absolute atomic E-state index is 12.9. The fourth-order valence-corrected chi connectivity index (χ4v) is 3.94. The molecule has 0 radical (unpaired) electrons. The Hall–Kier alpha value is -4.19. The number of benzene rings is 2. The Bertz CT molecular complexity index is 1370. The zero-order chi connectivity index (χ0) is 21.9. The maximum Gasteiger partial charge on any atom is 0.255 e. The average molecular weight is 422 g/mol. The maximum atomic E-state index is 12.9. The number of aryl methyl sites for hydroxylation is 1. The number of hydrogen-bond acceptors (Lipinski definition) is 3. The Morgan fingerprint density at radius 3 is 2.62 bits per heavy atom. The van der Waals surface area contributed by atoms with Gasteiger partial charge in [-0.2, -0.15) is 5.10 Å². The van der Waals surface area contributed by atoms with Crippen LogP contribution >= 0.6 is 0 Å². The van der Waals surface area contributed by atoms with Gasteiger partial charge < -0.3 is 10.3 Å². The molecule has 0 fully saturated rings. The third-order valence-corrected chi connectivity index (χ3v) is 5.70. The summed E-state index contributed by atoms with van der Waals surface area (Å²) in [5, 5.41) is 8.43. The summed E-state index contributed by atoms with van der Waals surface area (Å²) < 4.78 is 1.77. The van der Waals surface area contributed by atoms with E-state index < -0.39 is 0 Å². The summed E-state index contributed by atoms with van der Waals surface area (Å²) in [6, 6.07) is 22.4. The number of amides is 1. The fourth-order valence-electron chi connectivity index (χ4n) is 3.94. The van der Waals surface area contributed by atoms with Crippen molar-refractivity contribution in [3.05, 3.63) is 108 Å². The zero-order valence-electron chi connectivity index (χ0n) is 17.7. The molecule has 0 unspecified atom stereocenters. The Morgan fingerprint density at radius 1 is 1.00 bits per heavy atom. The van der Waals surface area contributed by atoms with Crippen molar-refractivity contribution >= 4 is 16.9 Å². The highest BCUT2D eigenvalue weighted by atomic mass is 16.1. The van der Waals surface area contributed by atoms with Gasteiger partial charge in [-0.3, -0.25) is 9.48 Å². The number of fused-ring (bicyclic) bond motifs is 1. The number of pyridine rings is 1. The van der Waals surface area contributed by atoms with Crippen LogP contribution in [0.3, 0.4) is 0 Å². The molecule has 0 atom stereocenters. The van der Waals surface area contributed by atoms with E-state index in [1.54, 1.807) is 10.9 Å². The molecule has 1 amide bonds. The average Bonchev–Trinajstić information content (AvgIpc) is 3.45. The predicted octanol–water partition coefficient (Wildman–Crippen LogP) is 4.48. The second-order valence-corrected chi connectivity index (χ2v) is 7.77. The smallest absolute Gasteiger partial charge is 0.255 e. The van der Waals surface area contributed by atoms with E-state index in [-0.39, 0.29) is 5.91 Å². The van der Waals surface area contributed by atoms with E-state index in [2.05, 4.69) is 44.6 Å². The molecular weight excluding hydrogens is 398 g/mol. The summed E-state index contributed by atoms with van der Waals surface area (Å²) >= 11 is 0. The molecular formula is C26H23N5O. The molecule has 32 heavy (non-hydrogen) atoms. The van der Waals surface area contributed by atoms with Gasteiger partial charge in [0.15, 0.2) is 0 Å². The molecule has 0 saturated carbocycles. The third-order valence-electron chi connectivity index (χ3n) is 5.70. The van der Waals surface area contributed by atoms with Crippen molar-refractivity contribution in [3.63, 3.8) is 0 Å². The molecule has 6 heteroatoms. The first-order valence-corrected chi connectivity index (χ1v) is 10.5. The van der Waals surface area contributed by atoms with Crippen LogP contribution in [0, 0.1) is 0 Å². The molecule has 0 aliphatic carbocycles. The van der Waals surface area contributed by atoms with E-state index in [9.17, 15) is 4.79 Å². The second-order valence-electron chi connectivity index (χ2n) is 7.77. The van der Waals surface area contributed by atoms with Gasteiger partial charge in [0.25, 0.3) is 5.91 Å². The SMILES string of the molecule is Cn1ncc(C(=O)NCc2ccc(-c3ccnc4[nH]ccc34)cc2)c1Cc1ccccc1. The molecule has 6 nitrogen and oxygen atoms in total. The van der Waals surface area contributed by atoms with Crippen LogP contribution in [0.2, 0.25) is 0 Å². The van der Waals surface area contributed by atoms with Gasteiger partial charge >= 0.3 is 0 Å². The van der Waals surface area contributed by atoms with Crippen LogP contribution in [0.1, 0.15) is 27.2 Å². The topological polar surface area (TPSA) is 75.6 Å². The molecule has 158 valence electrons. The molecule has 3 heterocycles. The number of nitrogens with zero attached hydrogens (tertiary/aromatic N) is 3.